The number of carbonyl (C=O) groups excluding carboxylic acids is 3. The predicted molar refractivity (Wildman–Crippen MR) is 80.5 cm³/mol. The molecule has 2 fully saturated rings. The number of nitrogens with zero attached hydrogens (tertiary/aromatic N) is 2. The number of benzene rings is 1. The van der Waals surface area contributed by atoms with Crippen LogP contribution in [-0.2, 0) is 4.79 Å². The second-order valence-corrected chi connectivity index (χ2v) is 6.39. The molecule has 0 saturated carbocycles. The van der Waals surface area contributed by atoms with Gasteiger partial charge in [-0.1, -0.05) is 29.4 Å². The van der Waals surface area contributed by atoms with E-state index in [-0.39, 0.29) is 28.8 Å². The van der Waals surface area contributed by atoms with Crippen molar-refractivity contribution in [1.29, 1.82) is 0 Å². The molecule has 1 atom stereocenters. The minimum absolute atomic E-state index is 0.119. The number of hydrogen-bond donors (Lipinski definition) is 0. The van der Waals surface area contributed by atoms with Gasteiger partial charge < -0.3 is 4.90 Å². The number of halogens is 1. The fourth-order valence-corrected chi connectivity index (χ4v) is 3.62. The molecule has 2 aliphatic rings. The summed E-state index contributed by atoms with van der Waals surface area (Å²) in [6.07, 6.45) is 0.629. The van der Waals surface area contributed by atoms with E-state index in [9.17, 15) is 14.4 Å². The van der Waals surface area contributed by atoms with Crippen molar-refractivity contribution in [2.75, 3.05) is 18.8 Å². The van der Waals surface area contributed by atoms with Gasteiger partial charge in [0.1, 0.15) is 0 Å². The Bertz CT molecular complexity index is 606. The highest BCUT2D eigenvalue weighted by molar-refractivity contribution is 8.14. The van der Waals surface area contributed by atoms with E-state index < -0.39 is 0 Å². The van der Waals surface area contributed by atoms with E-state index in [4.69, 9.17) is 11.6 Å². The van der Waals surface area contributed by atoms with Crippen molar-refractivity contribution in [3.63, 3.8) is 0 Å². The van der Waals surface area contributed by atoms with Crippen molar-refractivity contribution in [3.05, 3.63) is 34.9 Å². The number of imide groups is 1. The first-order valence-corrected chi connectivity index (χ1v) is 7.96. The Hall–Kier alpha value is -1.53. The molecule has 1 aromatic carbocycles. The van der Waals surface area contributed by atoms with E-state index in [0.717, 1.165) is 11.8 Å². The lowest BCUT2D eigenvalue weighted by Crippen LogP contribution is -2.41. The zero-order chi connectivity index (χ0) is 15.0. The van der Waals surface area contributed by atoms with Gasteiger partial charge in [0.2, 0.25) is 5.91 Å². The second kappa shape index (κ2) is 5.69. The topological polar surface area (TPSA) is 57.7 Å². The molecular formula is C14H13ClN2O3S. The first kappa shape index (κ1) is 14.4. The van der Waals surface area contributed by atoms with Crippen molar-refractivity contribution in [2.24, 2.45) is 0 Å². The third-order valence-electron chi connectivity index (χ3n) is 3.67. The number of hydrogen-bond acceptors (Lipinski definition) is 4. The van der Waals surface area contributed by atoms with Gasteiger partial charge in [0, 0.05) is 23.7 Å². The third kappa shape index (κ3) is 2.78. The summed E-state index contributed by atoms with van der Waals surface area (Å²) >= 11 is 6.92. The molecule has 1 aromatic rings. The fraction of sp³-hybridized carbons (Fsp3) is 0.357. The summed E-state index contributed by atoms with van der Waals surface area (Å²) in [4.78, 5) is 38.8. The van der Waals surface area contributed by atoms with Gasteiger partial charge in [0.15, 0.2) is 0 Å². The highest BCUT2D eigenvalue weighted by Crippen LogP contribution is 2.27. The van der Waals surface area contributed by atoms with Gasteiger partial charge in [-0.05, 0) is 24.6 Å². The van der Waals surface area contributed by atoms with Crippen molar-refractivity contribution in [1.82, 2.24) is 9.80 Å². The maximum Gasteiger partial charge on any atom is 0.289 e. The van der Waals surface area contributed by atoms with Gasteiger partial charge >= 0.3 is 0 Å². The van der Waals surface area contributed by atoms with Crippen LogP contribution in [0.1, 0.15) is 16.8 Å². The van der Waals surface area contributed by atoms with Gasteiger partial charge in [-0.3, -0.25) is 19.3 Å². The number of likely N-dealkylation sites (tertiary alicyclic amines) is 1. The van der Waals surface area contributed by atoms with Crippen LogP contribution in [-0.4, -0.2) is 51.7 Å². The van der Waals surface area contributed by atoms with Crippen LogP contribution in [0.3, 0.4) is 0 Å². The minimum Gasteiger partial charge on any atom is -0.336 e. The average Bonchev–Trinajstić information content (AvgIpc) is 3.05. The zero-order valence-electron chi connectivity index (χ0n) is 11.1. The first-order chi connectivity index (χ1) is 10.1. The van der Waals surface area contributed by atoms with Crippen LogP contribution < -0.4 is 0 Å². The Kier molecular flexibility index (Phi) is 3.91. The van der Waals surface area contributed by atoms with E-state index in [2.05, 4.69) is 0 Å². The highest BCUT2D eigenvalue weighted by atomic mass is 35.5. The molecule has 0 spiro atoms. The monoisotopic (exact) mass is 324 g/mol. The smallest absolute Gasteiger partial charge is 0.289 e. The summed E-state index contributed by atoms with van der Waals surface area (Å²) in [5.74, 6) is -0.0730. The van der Waals surface area contributed by atoms with Gasteiger partial charge in [-0.2, -0.15) is 0 Å². The molecular weight excluding hydrogens is 312 g/mol. The summed E-state index contributed by atoms with van der Waals surface area (Å²) in [5.41, 5.74) is 0.525. The molecule has 3 amide bonds. The summed E-state index contributed by atoms with van der Waals surface area (Å²) in [6.45, 7) is 0.932. The first-order valence-electron chi connectivity index (χ1n) is 6.60. The lowest BCUT2D eigenvalue weighted by Gasteiger charge is -2.22. The Morgan fingerprint density at radius 1 is 1.33 bits per heavy atom. The fourth-order valence-electron chi connectivity index (χ4n) is 2.66. The second-order valence-electron chi connectivity index (χ2n) is 5.02. The molecule has 7 heteroatoms. The molecule has 1 unspecified atom stereocenters. The standard InChI is InChI=1S/C14H13ClN2O3S/c15-10-3-1-2-9(6-10)13(19)16-5-4-11(7-16)17-12(18)8-21-14(17)20/h1-3,6,11H,4-5,7-8H2. The number of thioether (sulfide) groups is 1. The van der Waals surface area contributed by atoms with Crippen LogP contribution in [0.2, 0.25) is 5.02 Å². The van der Waals surface area contributed by atoms with E-state index in [1.807, 2.05) is 0 Å². The minimum atomic E-state index is -0.206. The van der Waals surface area contributed by atoms with Crippen LogP contribution >= 0.6 is 23.4 Å². The molecule has 3 rings (SSSR count). The Morgan fingerprint density at radius 2 is 2.14 bits per heavy atom. The molecule has 2 saturated heterocycles. The third-order valence-corrected chi connectivity index (χ3v) is 4.74. The highest BCUT2D eigenvalue weighted by Gasteiger charge is 2.40. The summed E-state index contributed by atoms with van der Waals surface area (Å²) in [5, 5.41) is 0.306. The predicted octanol–water partition coefficient (Wildman–Crippen LogP) is 2.25. The van der Waals surface area contributed by atoms with Crippen molar-refractivity contribution in [3.8, 4) is 0 Å². The molecule has 0 N–H and O–H groups in total. The number of rotatable bonds is 2. The van der Waals surface area contributed by atoms with Crippen molar-refractivity contribution in [2.45, 2.75) is 12.5 Å². The van der Waals surface area contributed by atoms with E-state index >= 15 is 0 Å². The zero-order valence-corrected chi connectivity index (χ0v) is 12.7. The van der Waals surface area contributed by atoms with Gasteiger partial charge in [-0.25, -0.2) is 0 Å². The van der Waals surface area contributed by atoms with Crippen LogP contribution in [0, 0.1) is 0 Å². The normalized spacial score (nSPS) is 22.2. The molecule has 5 nitrogen and oxygen atoms in total. The van der Waals surface area contributed by atoms with Crippen molar-refractivity contribution < 1.29 is 14.4 Å². The Morgan fingerprint density at radius 3 is 2.81 bits per heavy atom. The lowest BCUT2D eigenvalue weighted by molar-refractivity contribution is -0.126. The van der Waals surface area contributed by atoms with Gasteiger partial charge in [0.25, 0.3) is 11.1 Å². The average molecular weight is 325 g/mol. The van der Waals surface area contributed by atoms with Gasteiger partial charge in [0.05, 0.1) is 11.8 Å². The Labute approximate surface area is 131 Å². The largest absolute Gasteiger partial charge is 0.336 e. The molecule has 21 heavy (non-hydrogen) atoms. The van der Waals surface area contributed by atoms with Gasteiger partial charge in [-0.15, -0.1) is 0 Å². The molecule has 2 aliphatic heterocycles. The lowest BCUT2D eigenvalue weighted by atomic mass is 10.2. The maximum atomic E-state index is 12.4. The molecule has 0 bridgehead atoms. The number of carbonyl (C=O) groups is 3. The van der Waals surface area contributed by atoms with Crippen molar-refractivity contribution >= 4 is 40.4 Å². The molecule has 0 aromatic heterocycles. The molecule has 0 radical (unpaired) electrons. The molecule has 2 heterocycles. The molecule has 110 valence electrons. The summed E-state index contributed by atoms with van der Waals surface area (Å²) in [6, 6.07) is 6.57. The summed E-state index contributed by atoms with van der Waals surface area (Å²) < 4.78 is 0. The summed E-state index contributed by atoms with van der Waals surface area (Å²) in [7, 11) is 0. The Balaban J connectivity index is 1.71. The molecule has 0 aliphatic carbocycles. The van der Waals surface area contributed by atoms with Crippen LogP contribution in [0.25, 0.3) is 0 Å². The SMILES string of the molecule is O=C(c1cccc(Cl)c1)N1CCC(N2C(=O)CSC2=O)C1. The maximum absolute atomic E-state index is 12.4. The van der Waals surface area contributed by atoms with E-state index in [0.29, 0.717) is 30.1 Å². The van der Waals surface area contributed by atoms with Crippen LogP contribution in [0.15, 0.2) is 24.3 Å². The van der Waals surface area contributed by atoms with Crippen LogP contribution in [0.5, 0.6) is 0 Å². The van der Waals surface area contributed by atoms with Crippen LogP contribution in [0.4, 0.5) is 4.79 Å². The number of amides is 3. The van der Waals surface area contributed by atoms with E-state index in [1.54, 1.807) is 29.2 Å². The van der Waals surface area contributed by atoms with E-state index in [1.165, 1.54) is 4.90 Å². The quantitative estimate of drug-likeness (QED) is 0.837.